The SMILES string of the molecule is COC(=O)c1c(NC(=O)c2cnccn2)sc2c1CC[C@H](c1ccccc1)C2. The first-order chi connectivity index (χ1) is 13.7. The van der Waals surface area contributed by atoms with Crippen molar-refractivity contribution in [2.75, 3.05) is 12.4 Å². The second-order valence-corrected chi connectivity index (χ2v) is 7.70. The van der Waals surface area contributed by atoms with Crippen LogP contribution in [0.15, 0.2) is 48.9 Å². The van der Waals surface area contributed by atoms with Crippen molar-refractivity contribution in [3.05, 3.63) is 76.2 Å². The number of thiophene rings is 1. The number of methoxy groups -OCH3 is 1. The van der Waals surface area contributed by atoms with E-state index in [1.807, 2.05) is 18.2 Å². The van der Waals surface area contributed by atoms with E-state index in [4.69, 9.17) is 4.74 Å². The average molecular weight is 393 g/mol. The first-order valence-corrected chi connectivity index (χ1v) is 9.84. The van der Waals surface area contributed by atoms with Crippen LogP contribution in [0.2, 0.25) is 0 Å². The van der Waals surface area contributed by atoms with Crippen LogP contribution in [-0.2, 0) is 17.6 Å². The Bertz CT molecular complexity index is 1000. The van der Waals surface area contributed by atoms with E-state index in [1.54, 1.807) is 0 Å². The predicted octanol–water partition coefficient (Wildman–Crippen LogP) is 3.85. The molecule has 6 nitrogen and oxygen atoms in total. The van der Waals surface area contributed by atoms with Crippen molar-refractivity contribution in [3.8, 4) is 0 Å². The van der Waals surface area contributed by atoms with E-state index in [2.05, 4.69) is 27.4 Å². The summed E-state index contributed by atoms with van der Waals surface area (Å²) in [4.78, 5) is 34.0. The third-order valence-electron chi connectivity index (χ3n) is 4.95. The zero-order chi connectivity index (χ0) is 19.5. The van der Waals surface area contributed by atoms with Gasteiger partial charge in [0.2, 0.25) is 0 Å². The molecular formula is C21H19N3O3S. The molecule has 0 bridgehead atoms. The van der Waals surface area contributed by atoms with Crippen molar-refractivity contribution in [3.63, 3.8) is 0 Å². The molecular weight excluding hydrogens is 374 g/mol. The number of ether oxygens (including phenoxy) is 1. The van der Waals surface area contributed by atoms with Gasteiger partial charge in [-0.25, -0.2) is 9.78 Å². The summed E-state index contributed by atoms with van der Waals surface area (Å²) >= 11 is 1.45. The van der Waals surface area contributed by atoms with Crippen LogP contribution in [0, 0.1) is 0 Å². The number of nitrogens with one attached hydrogen (secondary N) is 1. The minimum atomic E-state index is -0.426. The maximum absolute atomic E-state index is 12.5. The predicted molar refractivity (Wildman–Crippen MR) is 107 cm³/mol. The zero-order valence-corrected chi connectivity index (χ0v) is 16.2. The first-order valence-electron chi connectivity index (χ1n) is 9.02. The van der Waals surface area contributed by atoms with Crippen LogP contribution in [0.25, 0.3) is 0 Å². The fourth-order valence-electron chi connectivity index (χ4n) is 3.59. The summed E-state index contributed by atoms with van der Waals surface area (Å²) in [5.74, 6) is -0.414. The molecule has 28 heavy (non-hydrogen) atoms. The highest BCUT2D eigenvalue weighted by molar-refractivity contribution is 7.17. The maximum atomic E-state index is 12.5. The van der Waals surface area contributed by atoms with Crippen LogP contribution in [0.1, 0.15) is 49.2 Å². The van der Waals surface area contributed by atoms with E-state index in [9.17, 15) is 9.59 Å². The number of rotatable bonds is 4. The Kier molecular flexibility index (Phi) is 5.16. The number of hydrogen-bond acceptors (Lipinski definition) is 6. The molecule has 0 radical (unpaired) electrons. The molecule has 1 N–H and O–H groups in total. The summed E-state index contributed by atoms with van der Waals surface area (Å²) in [7, 11) is 1.36. The van der Waals surface area contributed by atoms with E-state index in [-0.39, 0.29) is 5.69 Å². The quantitative estimate of drug-likeness (QED) is 0.681. The molecule has 1 aliphatic rings. The number of nitrogens with zero attached hydrogens (tertiary/aromatic N) is 2. The number of carbonyl (C=O) groups excluding carboxylic acids is 2. The molecule has 0 saturated heterocycles. The van der Waals surface area contributed by atoms with Gasteiger partial charge in [-0.15, -0.1) is 11.3 Å². The molecule has 1 atom stereocenters. The summed E-state index contributed by atoms with van der Waals surface area (Å²) in [5.41, 5.74) is 2.95. The van der Waals surface area contributed by atoms with Crippen LogP contribution in [0.3, 0.4) is 0 Å². The molecule has 0 spiro atoms. The number of anilines is 1. The number of aromatic nitrogens is 2. The molecule has 4 rings (SSSR count). The molecule has 7 heteroatoms. The van der Waals surface area contributed by atoms with Gasteiger partial charge in [-0.05, 0) is 36.3 Å². The largest absolute Gasteiger partial charge is 0.465 e. The lowest BCUT2D eigenvalue weighted by atomic mass is 9.83. The van der Waals surface area contributed by atoms with E-state index in [0.29, 0.717) is 16.5 Å². The molecule has 0 fully saturated rings. The summed E-state index contributed by atoms with van der Waals surface area (Å²) in [6, 6.07) is 10.4. The highest BCUT2D eigenvalue weighted by Gasteiger charge is 2.30. The van der Waals surface area contributed by atoms with Gasteiger partial charge in [0.15, 0.2) is 0 Å². The number of esters is 1. The topological polar surface area (TPSA) is 81.2 Å². The standard InChI is InChI=1S/C21H19N3O3S/c1-27-21(26)18-15-8-7-14(13-5-3-2-4-6-13)11-17(15)28-20(18)24-19(25)16-12-22-9-10-23-16/h2-6,9-10,12,14H,7-8,11H2,1H3,(H,24,25)/t14-/m0/s1. The van der Waals surface area contributed by atoms with Gasteiger partial charge in [-0.2, -0.15) is 0 Å². The normalized spacial score (nSPS) is 15.5. The molecule has 2 aromatic heterocycles. The van der Waals surface area contributed by atoms with Crippen LogP contribution in [0.5, 0.6) is 0 Å². The average Bonchev–Trinajstić information content (AvgIpc) is 3.11. The Hall–Kier alpha value is -3.06. The Morgan fingerprint density at radius 2 is 2.04 bits per heavy atom. The summed E-state index contributed by atoms with van der Waals surface area (Å²) in [6.07, 6.45) is 6.93. The monoisotopic (exact) mass is 393 g/mol. The summed E-state index contributed by atoms with van der Waals surface area (Å²) in [5, 5.41) is 3.35. The van der Waals surface area contributed by atoms with Gasteiger partial charge < -0.3 is 10.1 Å². The van der Waals surface area contributed by atoms with Crippen molar-refractivity contribution in [2.24, 2.45) is 0 Å². The van der Waals surface area contributed by atoms with Crippen LogP contribution in [-0.4, -0.2) is 29.0 Å². The molecule has 1 aromatic carbocycles. The van der Waals surface area contributed by atoms with Crippen molar-refractivity contribution in [2.45, 2.75) is 25.2 Å². The van der Waals surface area contributed by atoms with Gasteiger partial charge in [0.25, 0.3) is 5.91 Å². The summed E-state index contributed by atoms with van der Waals surface area (Å²) < 4.78 is 4.99. The van der Waals surface area contributed by atoms with E-state index in [1.165, 1.54) is 42.6 Å². The van der Waals surface area contributed by atoms with Gasteiger partial charge in [0, 0.05) is 17.3 Å². The minimum absolute atomic E-state index is 0.201. The number of benzene rings is 1. The molecule has 1 aliphatic carbocycles. The minimum Gasteiger partial charge on any atom is -0.465 e. The van der Waals surface area contributed by atoms with E-state index in [0.717, 1.165) is 29.7 Å². The highest BCUT2D eigenvalue weighted by atomic mass is 32.1. The molecule has 3 aromatic rings. The fraction of sp³-hybridized carbons (Fsp3) is 0.238. The van der Waals surface area contributed by atoms with Gasteiger partial charge >= 0.3 is 5.97 Å². The second-order valence-electron chi connectivity index (χ2n) is 6.59. The molecule has 2 heterocycles. The third-order valence-corrected chi connectivity index (χ3v) is 6.12. The second kappa shape index (κ2) is 7.90. The smallest absolute Gasteiger partial charge is 0.341 e. The Morgan fingerprint density at radius 3 is 2.75 bits per heavy atom. The number of fused-ring (bicyclic) bond motifs is 1. The third kappa shape index (κ3) is 3.53. The Morgan fingerprint density at radius 1 is 1.21 bits per heavy atom. The van der Waals surface area contributed by atoms with Crippen molar-refractivity contribution < 1.29 is 14.3 Å². The van der Waals surface area contributed by atoms with Crippen molar-refractivity contribution in [1.29, 1.82) is 0 Å². The van der Waals surface area contributed by atoms with Gasteiger partial charge in [0.1, 0.15) is 10.7 Å². The van der Waals surface area contributed by atoms with Crippen molar-refractivity contribution >= 4 is 28.2 Å². The van der Waals surface area contributed by atoms with E-state index < -0.39 is 11.9 Å². The fourth-order valence-corrected chi connectivity index (χ4v) is 4.90. The lowest BCUT2D eigenvalue weighted by Gasteiger charge is -2.22. The van der Waals surface area contributed by atoms with Gasteiger partial charge in [-0.1, -0.05) is 30.3 Å². The lowest BCUT2D eigenvalue weighted by Crippen LogP contribution is -2.17. The number of amides is 1. The summed E-state index contributed by atoms with van der Waals surface area (Å²) in [6.45, 7) is 0. The maximum Gasteiger partial charge on any atom is 0.341 e. The zero-order valence-electron chi connectivity index (χ0n) is 15.3. The molecule has 142 valence electrons. The van der Waals surface area contributed by atoms with Crippen LogP contribution >= 0.6 is 11.3 Å². The molecule has 1 amide bonds. The Labute approximate surface area is 166 Å². The molecule has 0 saturated carbocycles. The Balaban J connectivity index is 1.65. The number of carbonyl (C=O) groups is 2. The van der Waals surface area contributed by atoms with Crippen LogP contribution < -0.4 is 5.32 Å². The number of hydrogen-bond donors (Lipinski definition) is 1. The van der Waals surface area contributed by atoms with E-state index >= 15 is 0 Å². The molecule has 0 aliphatic heterocycles. The van der Waals surface area contributed by atoms with Crippen molar-refractivity contribution in [1.82, 2.24) is 9.97 Å². The van der Waals surface area contributed by atoms with Crippen LogP contribution in [0.4, 0.5) is 5.00 Å². The van der Waals surface area contributed by atoms with Gasteiger partial charge in [-0.3, -0.25) is 9.78 Å². The highest BCUT2D eigenvalue weighted by Crippen LogP contribution is 2.42. The van der Waals surface area contributed by atoms with Gasteiger partial charge in [0.05, 0.1) is 18.9 Å². The first kappa shape index (κ1) is 18.3. The lowest BCUT2D eigenvalue weighted by molar-refractivity contribution is 0.0601. The molecule has 0 unspecified atom stereocenters.